The average Bonchev–Trinajstić information content (AvgIpc) is 3.17. The topological polar surface area (TPSA) is 88.3 Å². The van der Waals surface area contributed by atoms with Crippen LogP contribution in [0.15, 0.2) is 60.7 Å². The fraction of sp³-hybridized carbons (Fsp3) is 0.238. The van der Waals surface area contributed by atoms with Gasteiger partial charge in [0.05, 0.1) is 12.1 Å². The van der Waals surface area contributed by atoms with Crippen LogP contribution in [-0.4, -0.2) is 50.0 Å². The number of carbonyl (C=O) groups is 2. The Morgan fingerprint density at radius 1 is 1.00 bits per heavy atom. The van der Waals surface area contributed by atoms with Crippen LogP contribution >= 0.6 is 0 Å². The van der Waals surface area contributed by atoms with E-state index in [2.05, 4.69) is 10.3 Å². The van der Waals surface area contributed by atoms with Crippen molar-refractivity contribution in [3.8, 4) is 16.9 Å². The van der Waals surface area contributed by atoms with Crippen molar-refractivity contribution in [2.45, 2.75) is 19.8 Å². The van der Waals surface area contributed by atoms with Gasteiger partial charge in [-0.05, 0) is 18.6 Å². The van der Waals surface area contributed by atoms with E-state index in [-0.39, 0.29) is 24.6 Å². The van der Waals surface area contributed by atoms with E-state index in [0.29, 0.717) is 12.2 Å². The molecule has 7 heteroatoms. The van der Waals surface area contributed by atoms with Crippen molar-refractivity contribution >= 4 is 11.9 Å². The number of amides is 1. The maximum Gasteiger partial charge on any atom is 0.305 e. The Kier molecular flexibility index (Phi) is 6.16. The molecule has 0 aliphatic rings. The van der Waals surface area contributed by atoms with E-state index in [1.165, 1.54) is 4.90 Å². The Labute approximate surface area is 163 Å². The highest BCUT2D eigenvalue weighted by Crippen LogP contribution is 2.26. The number of carbonyl (C=O) groups excluding carboxylic acids is 1. The molecule has 0 aliphatic heterocycles. The second-order valence-corrected chi connectivity index (χ2v) is 6.34. The van der Waals surface area contributed by atoms with Crippen molar-refractivity contribution < 1.29 is 14.7 Å². The summed E-state index contributed by atoms with van der Waals surface area (Å²) in [5, 5.41) is 17.4. The maximum absolute atomic E-state index is 13.2. The van der Waals surface area contributed by atoms with E-state index in [4.69, 9.17) is 5.11 Å². The van der Waals surface area contributed by atoms with Gasteiger partial charge in [0.1, 0.15) is 5.69 Å². The van der Waals surface area contributed by atoms with Crippen LogP contribution in [0.5, 0.6) is 0 Å². The van der Waals surface area contributed by atoms with Crippen LogP contribution in [-0.2, 0) is 4.79 Å². The molecule has 0 saturated carbocycles. The third-order valence-corrected chi connectivity index (χ3v) is 4.30. The second-order valence-electron chi connectivity index (χ2n) is 6.34. The quantitative estimate of drug-likeness (QED) is 0.650. The molecule has 3 rings (SSSR count). The first-order valence-electron chi connectivity index (χ1n) is 9.19. The molecule has 0 fully saturated rings. The summed E-state index contributed by atoms with van der Waals surface area (Å²) in [4.78, 5) is 25.7. The van der Waals surface area contributed by atoms with Gasteiger partial charge in [0.2, 0.25) is 0 Å². The molecule has 1 amide bonds. The first kappa shape index (κ1) is 19.3. The molecule has 0 bridgehead atoms. The van der Waals surface area contributed by atoms with Gasteiger partial charge in [0.25, 0.3) is 5.91 Å². The Hall–Kier alpha value is -3.48. The highest BCUT2D eigenvalue weighted by atomic mass is 16.4. The standard InChI is InChI=1S/C21H22N4O3/c1-2-14-24(15-13-18(26)27)21(28)19-20(16-9-5-3-6-10-16)25(23-22-19)17-11-7-4-8-12-17/h3-12H,2,13-15H2,1H3,(H,26,27). The molecular formula is C21H22N4O3. The Balaban J connectivity index is 2.06. The summed E-state index contributed by atoms with van der Waals surface area (Å²) in [5.41, 5.74) is 2.41. The first-order valence-corrected chi connectivity index (χ1v) is 9.19. The molecule has 1 N–H and O–H groups in total. The first-order chi connectivity index (χ1) is 13.6. The summed E-state index contributed by atoms with van der Waals surface area (Å²) < 4.78 is 1.64. The molecular weight excluding hydrogens is 356 g/mol. The predicted molar refractivity (Wildman–Crippen MR) is 105 cm³/mol. The number of nitrogens with zero attached hydrogens (tertiary/aromatic N) is 4. The number of rotatable bonds is 8. The highest BCUT2D eigenvalue weighted by molar-refractivity contribution is 5.98. The zero-order chi connectivity index (χ0) is 19.9. The SMILES string of the molecule is CCCN(CCC(=O)O)C(=O)c1nnn(-c2ccccc2)c1-c1ccccc1. The van der Waals surface area contributed by atoms with E-state index in [0.717, 1.165) is 17.7 Å². The van der Waals surface area contributed by atoms with Crippen molar-refractivity contribution in [3.05, 3.63) is 66.4 Å². The number of para-hydroxylation sites is 1. The third-order valence-electron chi connectivity index (χ3n) is 4.30. The number of aromatic nitrogens is 3. The minimum absolute atomic E-state index is 0.112. The van der Waals surface area contributed by atoms with E-state index >= 15 is 0 Å². The molecule has 1 heterocycles. The normalized spacial score (nSPS) is 10.6. The molecule has 2 aromatic carbocycles. The van der Waals surface area contributed by atoms with Crippen molar-refractivity contribution in [1.82, 2.24) is 19.9 Å². The summed E-state index contributed by atoms with van der Waals surface area (Å²) >= 11 is 0. The second kappa shape index (κ2) is 8.94. The van der Waals surface area contributed by atoms with Gasteiger partial charge in [-0.2, -0.15) is 0 Å². The monoisotopic (exact) mass is 378 g/mol. The molecule has 28 heavy (non-hydrogen) atoms. The van der Waals surface area contributed by atoms with Gasteiger partial charge in [-0.1, -0.05) is 60.7 Å². The predicted octanol–water partition coefficient (Wildman–Crippen LogP) is 3.26. The van der Waals surface area contributed by atoms with Crippen LogP contribution in [0.2, 0.25) is 0 Å². The molecule has 3 aromatic rings. The van der Waals surface area contributed by atoms with Gasteiger partial charge >= 0.3 is 5.97 Å². The minimum Gasteiger partial charge on any atom is -0.481 e. The van der Waals surface area contributed by atoms with E-state index in [1.807, 2.05) is 67.6 Å². The number of aliphatic carboxylic acids is 1. The fourth-order valence-corrected chi connectivity index (χ4v) is 3.00. The molecule has 144 valence electrons. The molecule has 0 unspecified atom stereocenters. The molecule has 0 aliphatic carbocycles. The van der Waals surface area contributed by atoms with E-state index in [1.54, 1.807) is 4.68 Å². The van der Waals surface area contributed by atoms with Crippen molar-refractivity contribution in [2.24, 2.45) is 0 Å². The van der Waals surface area contributed by atoms with Gasteiger partial charge in [-0.3, -0.25) is 9.59 Å². The van der Waals surface area contributed by atoms with Crippen LogP contribution < -0.4 is 0 Å². The summed E-state index contributed by atoms with van der Waals surface area (Å²) in [6.07, 6.45) is 0.609. The van der Waals surface area contributed by atoms with Crippen molar-refractivity contribution in [3.63, 3.8) is 0 Å². The molecule has 0 spiro atoms. The molecule has 0 atom stereocenters. The molecule has 7 nitrogen and oxygen atoms in total. The van der Waals surface area contributed by atoms with Crippen LogP contribution in [0.25, 0.3) is 16.9 Å². The van der Waals surface area contributed by atoms with Gasteiger partial charge < -0.3 is 10.0 Å². The summed E-state index contributed by atoms with van der Waals surface area (Å²) in [6, 6.07) is 19.0. The largest absolute Gasteiger partial charge is 0.481 e. The molecule has 0 saturated heterocycles. The summed E-state index contributed by atoms with van der Waals surface area (Å²) in [7, 11) is 0. The van der Waals surface area contributed by atoms with Crippen LogP contribution in [0.3, 0.4) is 0 Å². The lowest BCUT2D eigenvalue weighted by molar-refractivity contribution is -0.137. The summed E-state index contributed by atoms with van der Waals surface area (Å²) in [6.45, 7) is 2.53. The Morgan fingerprint density at radius 2 is 1.64 bits per heavy atom. The van der Waals surface area contributed by atoms with Gasteiger partial charge in [-0.25, -0.2) is 4.68 Å². The minimum atomic E-state index is -0.940. The van der Waals surface area contributed by atoms with Crippen LogP contribution in [0.1, 0.15) is 30.3 Å². The Bertz CT molecular complexity index is 939. The molecule has 1 aromatic heterocycles. The van der Waals surface area contributed by atoms with E-state index in [9.17, 15) is 9.59 Å². The van der Waals surface area contributed by atoms with Crippen LogP contribution in [0, 0.1) is 0 Å². The number of hydrogen-bond donors (Lipinski definition) is 1. The highest BCUT2D eigenvalue weighted by Gasteiger charge is 2.26. The Morgan fingerprint density at radius 3 is 2.25 bits per heavy atom. The van der Waals surface area contributed by atoms with Crippen molar-refractivity contribution in [2.75, 3.05) is 13.1 Å². The van der Waals surface area contributed by atoms with Gasteiger partial charge in [-0.15, -0.1) is 5.10 Å². The number of hydrogen-bond acceptors (Lipinski definition) is 4. The van der Waals surface area contributed by atoms with Gasteiger partial charge in [0, 0.05) is 18.7 Å². The van der Waals surface area contributed by atoms with Crippen LogP contribution in [0.4, 0.5) is 0 Å². The fourth-order valence-electron chi connectivity index (χ4n) is 3.00. The lowest BCUT2D eigenvalue weighted by atomic mass is 10.1. The average molecular weight is 378 g/mol. The van der Waals surface area contributed by atoms with Gasteiger partial charge in [0.15, 0.2) is 5.69 Å². The lowest BCUT2D eigenvalue weighted by Gasteiger charge is -2.20. The number of benzene rings is 2. The zero-order valence-electron chi connectivity index (χ0n) is 15.7. The molecule has 0 radical (unpaired) electrons. The number of carboxylic acid groups (broad SMARTS) is 1. The smallest absolute Gasteiger partial charge is 0.305 e. The zero-order valence-corrected chi connectivity index (χ0v) is 15.7. The van der Waals surface area contributed by atoms with E-state index < -0.39 is 5.97 Å². The third kappa shape index (κ3) is 4.25. The lowest BCUT2D eigenvalue weighted by Crippen LogP contribution is -2.34. The van der Waals surface area contributed by atoms with Crippen molar-refractivity contribution in [1.29, 1.82) is 0 Å². The number of carboxylic acids is 1. The summed E-state index contributed by atoms with van der Waals surface area (Å²) in [5.74, 6) is -1.26. The maximum atomic E-state index is 13.2.